The van der Waals surface area contributed by atoms with Crippen molar-refractivity contribution in [1.29, 1.82) is 0 Å². The molecule has 1 amide bonds. The molecule has 24 heavy (non-hydrogen) atoms. The number of rotatable bonds is 1. The van der Waals surface area contributed by atoms with Crippen LogP contribution in [0.5, 0.6) is 0 Å². The Labute approximate surface area is 153 Å². The topological polar surface area (TPSA) is 37.6 Å². The highest BCUT2D eigenvalue weighted by Gasteiger charge is 2.29. The van der Waals surface area contributed by atoms with Gasteiger partial charge in [0.15, 0.2) is 5.69 Å². The molecule has 0 saturated carbocycles. The van der Waals surface area contributed by atoms with Crippen LogP contribution in [0.2, 0.25) is 5.02 Å². The lowest BCUT2D eigenvalue weighted by Crippen LogP contribution is -2.39. The molecule has 0 N–H and O–H groups in total. The van der Waals surface area contributed by atoms with Crippen molar-refractivity contribution in [3.05, 3.63) is 68.9 Å². The maximum Gasteiger partial charge on any atom is 0.274 e. The van der Waals surface area contributed by atoms with Crippen LogP contribution in [0.15, 0.2) is 47.1 Å². The van der Waals surface area contributed by atoms with Crippen molar-refractivity contribution in [2.24, 2.45) is 0 Å². The summed E-state index contributed by atoms with van der Waals surface area (Å²) < 4.78 is 2.64. The average Bonchev–Trinajstić information content (AvgIpc) is 2.98. The predicted molar refractivity (Wildman–Crippen MR) is 97.5 cm³/mol. The molecular formula is C18H15BrClN3O. The van der Waals surface area contributed by atoms with E-state index < -0.39 is 0 Å². The average molecular weight is 405 g/mol. The van der Waals surface area contributed by atoms with E-state index in [1.807, 2.05) is 48.4 Å². The molecule has 122 valence electrons. The van der Waals surface area contributed by atoms with Crippen LogP contribution >= 0.6 is 27.5 Å². The van der Waals surface area contributed by atoms with Gasteiger partial charge in [-0.25, -0.2) is 4.52 Å². The second kappa shape index (κ2) is 5.90. The Morgan fingerprint density at radius 1 is 1.29 bits per heavy atom. The molecule has 1 aliphatic rings. The molecule has 1 aliphatic heterocycles. The number of benzene rings is 1. The Morgan fingerprint density at radius 2 is 2.12 bits per heavy atom. The number of pyridine rings is 1. The lowest BCUT2D eigenvalue weighted by molar-refractivity contribution is 0.0671. The zero-order valence-corrected chi connectivity index (χ0v) is 15.4. The normalized spacial score (nSPS) is 17.1. The monoisotopic (exact) mass is 403 g/mol. The number of carbonyl (C=O) groups excluding carboxylic acids is 1. The molecule has 3 aromatic rings. The van der Waals surface area contributed by atoms with E-state index in [4.69, 9.17) is 11.6 Å². The molecule has 0 spiro atoms. The molecule has 1 aromatic carbocycles. The molecule has 3 heterocycles. The van der Waals surface area contributed by atoms with Gasteiger partial charge in [-0.2, -0.15) is 5.10 Å². The predicted octanol–water partition coefficient (Wildman–Crippen LogP) is 4.51. The summed E-state index contributed by atoms with van der Waals surface area (Å²) in [5, 5.41) is 5.13. The van der Waals surface area contributed by atoms with Crippen LogP contribution in [0.3, 0.4) is 0 Å². The van der Waals surface area contributed by atoms with E-state index in [2.05, 4.69) is 27.1 Å². The Morgan fingerprint density at radius 3 is 2.96 bits per heavy atom. The Hall–Kier alpha value is -1.85. The van der Waals surface area contributed by atoms with Crippen LogP contribution in [0.4, 0.5) is 0 Å². The van der Waals surface area contributed by atoms with Gasteiger partial charge in [0.1, 0.15) is 0 Å². The lowest BCUT2D eigenvalue weighted by atomic mass is 9.93. The fourth-order valence-corrected chi connectivity index (χ4v) is 3.78. The van der Waals surface area contributed by atoms with Crippen molar-refractivity contribution < 1.29 is 4.79 Å². The number of carbonyl (C=O) groups is 1. The summed E-state index contributed by atoms with van der Waals surface area (Å²) in [5.74, 6) is -0.0482. The third-order valence-electron chi connectivity index (χ3n) is 4.55. The lowest BCUT2D eigenvalue weighted by Gasteiger charge is -2.35. The molecule has 4 rings (SSSR count). The number of hydrogen-bond acceptors (Lipinski definition) is 2. The van der Waals surface area contributed by atoms with Crippen LogP contribution in [0.1, 0.15) is 34.6 Å². The largest absolute Gasteiger partial charge is 0.330 e. The molecule has 0 radical (unpaired) electrons. The molecule has 1 atom stereocenters. The van der Waals surface area contributed by atoms with Gasteiger partial charge in [0.2, 0.25) is 0 Å². The van der Waals surface area contributed by atoms with E-state index in [0.29, 0.717) is 17.3 Å². The van der Waals surface area contributed by atoms with Crippen LogP contribution in [0, 0.1) is 0 Å². The molecule has 0 saturated heterocycles. The molecule has 0 fully saturated rings. The van der Waals surface area contributed by atoms with Gasteiger partial charge in [-0.1, -0.05) is 17.7 Å². The summed E-state index contributed by atoms with van der Waals surface area (Å²) in [6.45, 7) is 2.73. The van der Waals surface area contributed by atoms with Gasteiger partial charge in [-0.05, 0) is 70.7 Å². The quantitative estimate of drug-likeness (QED) is 0.598. The second-order valence-electron chi connectivity index (χ2n) is 6.01. The van der Waals surface area contributed by atoms with Gasteiger partial charge < -0.3 is 4.90 Å². The summed E-state index contributed by atoms with van der Waals surface area (Å²) >= 11 is 9.55. The Balaban J connectivity index is 1.68. The van der Waals surface area contributed by atoms with Crippen LogP contribution in [-0.2, 0) is 6.42 Å². The highest BCUT2D eigenvalue weighted by atomic mass is 79.9. The van der Waals surface area contributed by atoms with Crippen LogP contribution < -0.4 is 0 Å². The first-order valence-corrected chi connectivity index (χ1v) is 8.94. The van der Waals surface area contributed by atoms with Crippen molar-refractivity contribution in [2.75, 3.05) is 6.54 Å². The van der Waals surface area contributed by atoms with Gasteiger partial charge in [-0.3, -0.25) is 4.79 Å². The summed E-state index contributed by atoms with van der Waals surface area (Å²) in [6.07, 6.45) is 2.68. The fourth-order valence-electron chi connectivity index (χ4n) is 3.28. The van der Waals surface area contributed by atoms with Crippen LogP contribution in [0.25, 0.3) is 5.52 Å². The third-order valence-corrected chi connectivity index (χ3v) is 5.26. The second-order valence-corrected chi connectivity index (χ2v) is 7.37. The minimum Gasteiger partial charge on any atom is -0.330 e. The first-order valence-electron chi connectivity index (χ1n) is 7.77. The summed E-state index contributed by atoms with van der Waals surface area (Å²) in [5.41, 5.74) is 3.74. The zero-order chi connectivity index (χ0) is 16.8. The third kappa shape index (κ3) is 2.62. The van der Waals surface area contributed by atoms with Gasteiger partial charge in [0.25, 0.3) is 5.91 Å². The van der Waals surface area contributed by atoms with Gasteiger partial charge >= 0.3 is 0 Å². The zero-order valence-electron chi connectivity index (χ0n) is 13.0. The molecule has 2 aromatic heterocycles. The van der Waals surface area contributed by atoms with Gasteiger partial charge in [0.05, 0.1) is 11.6 Å². The highest BCUT2D eigenvalue weighted by molar-refractivity contribution is 9.10. The Bertz CT molecular complexity index is 953. The molecule has 0 bridgehead atoms. The van der Waals surface area contributed by atoms with Gasteiger partial charge in [-0.15, -0.1) is 0 Å². The first kappa shape index (κ1) is 15.7. The smallest absolute Gasteiger partial charge is 0.274 e. The first-order chi connectivity index (χ1) is 11.5. The number of nitrogens with zero attached hydrogens (tertiary/aromatic N) is 3. The highest BCUT2D eigenvalue weighted by Crippen LogP contribution is 2.32. The Kier molecular flexibility index (Phi) is 3.85. The molecular weight excluding hydrogens is 390 g/mol. The standard InChI is InChI=1S/C18H15BrClN3O/c1-11-16-8-14(20)4-2-12(16)6-7-22(11)18(24)17-9-15-5-3-13(19)10-23(15)21-17/h2-5,8-11H,6-7H2,1H3. The van der Waals surface area contributed by atoms with Crippen molar-refractivity contribution in [1.82, 2.24) is 14.5 Å². The summed E-state index contributed by atoms with van der Waals surface area (Å²) in [7, 11) is 0. The number of halogens is 2. The van der Waals surface area contributed by atoms with E-state index in [1.54, 1.807) is 4.52 Å². The van der Waals surface area contributed by atoms with Crippen LogP contribution in [-0.4, -0.2) is 27.0 Å². The van der Waals surface area contributed by atoms with E-state index in [1.165, 1.54) is 5.56 Å². The number of hydrogen-bond donors (Lipinski definition) is 0. The van der Waals surface area contributed by atoms with E-state index >= 15 is 0 Å². The van der Waals surface area contributed by atoms with Crippen molar-refractivity contribution in [2.45, 2.75) is 19.4 Å². The van der Waals surface area contributed by atoms with Crippen molar-refractivity contribution in [3.8, 4) is 0 Å². The molecule has 0 aliphatic carbocycles. The maximum atomic E-state index is 13.0. The van der Waals surface area contributed by atoms with Crippen molar-refractivity contribution in [3.63, 3.8) is 0 Å². The maximum absolute atomic E-state index is 13.0. The number of aromatic nitrogens is 2. The summed E-state index contributed by atoms with van der Waals surface area (Å²) in [4.78, 5) is 14.8. The van der Waals surface area contributed by atoms with E-state index in [0.717, 1.165) is 22.0 Å². The summed E-state index contributed by atoms with van der Waals surface area (Å²) in [6, 6.07) is 11.6. The molecule has 4 nitrogen and oxygen atoms in total. The van der Waals surface area contributed by atoms with E-state index in [9.17, 15) is 4.79 Å². The number of fused-ring (bicyclic) bond motifs is 2. The van der Waals surface area contributed by atoms with Gasteiger partial charge in [0, 0.05) is 22.2 Å². The SMILES string of the molecule is CC1c2cc(Cl)ccc2CCN1C(=O)c1cc2ccc(Br)cn2n1. The minimum absolute atomic E-state index is 0.0171. The minimum atomic E-state index is -0.0482. The van der Waals surface area contributed by atoms with Crippen molar-refractivity contribution >= 4 is 39.0 Å². The molecule has 6 heteroatoms. The number of amides is 1. The molecule has 1 unspecified atom stereocenters. The fraction of sp³-hybridized carbons (Fsp3) is 0.222. The van der Waals surface area contributed by atoms with E-state index in [-0.39, 0.29) is 11.9 Å².